The summed E-state index contributed by atoms with van der Waals surface area (Å²) in [6.07, 6.45) is 1.93. The fourth-order valence-electron chi connectivity index (χ4n) is 2.89. The van der Waals surface area contributed by atoms with Crippen LogP contribution in [0.15, 0.2) is 54.7 Å². The molecule has 3 aromatic rings. The topological polar surface area (TPSA) is 51.1 Å². The largest absolute Gasteiger partial charge is 0.338 e. The zero-order valence-electron chi connectivity index (χ0n) is 14.7. The van der Waals surface area contributed by atoms with Crippen molar-refractivity contribution in [2.45, 2.75) is 33.2 Å². The van der Waals surface area contributed by atoms with Gasteiger partial charge < -0.3 is 9.88 Å². The number of carbonyl (C=O) groups is 2. The lowest BCUT2D eigenvalue weighted by atomic mass is 10.0. The number of ketones is 1. The second-order valence-electron chi connectivity index (χ2n) is 6.60. The van der Waals surface area contributed by atoms with Crippen molar-refractivity contribution in [1.29, 1.82) is 0 Å². The van der Waals surface area contributed by atoms with E-state index in [1.54, 1.807) is 24.3 Å². The minimum atomic E-state index is -0.119. The monoisotopic (exact) mass is 334 g/mol. The van der Waals surface area contributed by atoms with E-state index in [2.05, 4.69) is 37.4 Å². The molecule has 0 aliphatic rings. The van der Waals surface area contributed by atoms with Crippen LogP contribution in [0.5, 0.6) is 0 Å². The first-order chi connectivity index (χ1) is 11.9. The summed E-state index contributed by atoms with van der Waals surface area (Å²) in [4.78, 5) is 23.8. The average molecular weight is 334 g/mol. The van der Waals surface area contributed by atoms with Gasteiger partial charge in [-0.1, -0.05) is 32.0 Å². The van der Waals surface area contributed by atoms with Crippen molar-refractivity contribution < 1.29 is 9.59 Å². The molecule has 1 amide bonds. The molecule has 0 atom stereocenters. The van der Waals surface area contributed by atoms with Crippen LogP contribution in [0, 0.1) is 0 Å². The summed E-state index contributed by atoms with van der Waals surface area (Å²) in [7, 11) is 0. The Kier molecular flexibility index (Phi) is 4.70. The summed E-state index contributed by atoms with van der Waals surface area (Å²) in [5.74, 6) is 0.337. The lowest BCUT2D eigenvalue weighted by Gasteiger charge is -2.09. The predicted octanol–water partition coefficient (Wildman–Crippen LogP) is 4.61. The van der Waals surface area contributed by atoms with E-state index < -0.39 is 0 Å². The maximum Gasteiger partial charge on any atom is 0.244 e. The van der Waals surface area contributed by atoms with Gasteiger partial charge in [-0.2, -0.15) is 0 Å². The smallest absolute Gasteiger partial charge is 0.244 e. The number of hydrogen-bond donors (Lipinski definition) is 1. The SMILES string of the molecule is CC(=O)c1cccc(NC(=O)Cn2ccc3cc(C(C)C)ccc32)c1. The number of aromatic nitrogens is 1. The van der Waals surface area contributed by atoms with Crippen molar-refractivity contribution in [2.24, 2.45) is 0 Å². The third-order valence-electron chi connectivity index (χ3n) is 4.33. The van der Waals surface area contributed by atoms with Gasteiger partial charge in [-0.3, -0.25) is 9.59 Å². The predicted molar refractivity (Wildman–Crippen MR) is 101 cm³/mol. The molecule has 128 valence electrons. The maximum absolute atomic E-state index is 12.4. The molecule has 0 saturated carbocycles. The molecule has 0 spiro atoms. The highest BCUT2D eigenvalue weighted by molar-refractivity contribution is 5.97. The van der Waals surface area contributed by atoms with E-state index >= 15 is 0 Å². The van der Waals surface area contributed by atoms with Crippen LogP contribution >= 0.6 is 0 Å². The molecule has 4 heteroatoms. The molecule has 2 aromatic carbocycles. The van der Waals surface area contributed by atoms with Crippen LogP contribution < -0.4 is 5.32 Å². The number of rotatable bonds is 5. The first-order valence-corrected chi connectivity index (χ1v) is 8.43. The molecule has 0 saturated heterocycles. The Balaban J connectivity index is 1.76. The standard InChI is InChI=1S/C21H22N2O2/c1-14(2)16-7-8-20-18(11-16)9-10-23(20)13-21(25)22-19-6-4-5-17(12-19)15(3)24/h4-12,14H,13H2,1-3H3,(H,22,25). The molecular formula is C21H22N2O2. The highest BCUT2D eigenvalue weighted by Crippen LogP contribution is 2.22. The van der Waals surface area contributed by atoms with Crippen molar-refractivity contribution in [3.63, 3.8) is 0 Å². The van der Waals surface area contributed by atoms with Crippen molar-refractivity contribution in [3.8, 4) is 0 Å². The van der Waals surface area contributed by atoms with Gasteiger partial charge in [-0.25, -0.2) is 0 Å². The number of hydrogen-bond acceptors (Lipinski definition) is 2. The molecule has 0 aliphatic heterocycles. The van der Waals surface area contributed by atoms with E-state index in [0.29, 0.717) is 17.2 Å². The number of nitrogens with one attached hydrogen (secondary N) is 1. The third kappa shape index (κ3) is 3.79. The van der Waals surface area contributed by atoms with E-state index in [1.807, 2.05) is 16.8 Å². The van der Waals surface area contributed by atoms with Gasteiger partial charge in [0.15, 0.2) is 5.78 Å². The number of benzene rings is 2. The third-order valence-corrected chi connectivity index (χ3v) is 4.33. The Labute approximate surface area is 147 Å². The fourth-order valence-corrected chi connectivity index (χ4v) is 2.89. The normalized spacial score (nSPS) is 11.0. The summed E-state index contributed by atoms with van der Waals surface area (Å²) < 4.78 is 1.93. The second-order valence-corrected chi connectivity index (χ2v) is 6.60. The summed E-state index contributed by atoms with van der Waals surface area (Å²) in [6, 6.07) is 15.4. The van der Waals surface area contributed by atoms with Crippen LogP contribution in [0.4, 0.5) is 5.69 Å². The van der Waals surface area contributed by atoms with Gasteiger partial charge in [0, 0.05) is 23.0 Å². The Morgan fingerprint density at radius 3 is 2.60 bits per heavy atom. The van der Waals surface area contributed by atoms with Gasteiger partial charge in [0.1, 0.15) is 6.54 Å². The highest BCUT2D eigenvalue weighted by Gasteiger charge is 2.09. The van der Waals surface area contributed by atoms with E-state index in [-0.39, 0.29) is 18.2 Å². The summed E-state index contributed by atoms with van der Waals surface area (Å²) in [5, 5.41) is 3.99. The van der Waals surface area contributed by atoms with Gasteiger partial charge in [0.05, 0.1) is 0 Å². The lowest BCUT2D eigenvalue weighted by molar-refractivity contribution is -0.116. The summed E-state index contributed by atoms with van der Waals surface area (Å²) in [6.45, 7) is 6.08. The summed E-state index contributed by atoms with van der Waals surface area (Å²) >= 11 is 0. The molecule has 0 fully saturated rings. The zero-order valence-corrected chi connectivity index (χ0v) is 14.7. The number of fused-ring (bicyclic) bond motifs is 1. The molecule has 25 heavy (non-hydrogen) atoms. The second kappa shape index (κ2) is 6.93. The zero-order chi connectivity index (χ0) is 18.0. The van der Waals surface area contributed by atoms with Crippen molar-refractivity contribution in [2.75, 3.05) is 5.32 Å². The number of anilines is 1. The first-order valence-electron chi connectivity index (χ1n) is 8.43. The van der Waals surface area contributed by atoms with E-state index in [1.165, 1.54) is 12.5 Å². The summed E-state index contributed by atoms with van der Waals surface area (Å²) in [5.41, 5.74) is 3.55. The van der Waals surface area contributed by atoms with Crippen molar-refractivity contribution in [1.82, 2.24) is 4.57 Å². The minimum Gasteiger partial charge on any atom is -0.338 e. The molecule has 0 aliphatic carbocycles. The Morgan fingerprint density at radius 1 is 1.08 bits per heavy atom. The maximum atomic E-state index is 12.4. The molecule has 3 rings (SSSR count). The molecule has 4 nitrogen and oxygen atoms in total. The van der Waals surface area contributed by atoms with Gasteiger partial charge in [-0.15, -0.1) is 0 Å². The van der Waals surface area contributed by atoms with E-state index in [0.717, 1.165) is 10.9 Å². The Morgan fingerprint density at radius 2 is 1.88 bits per heavy atom. The molecule has 0 unspecified atom stereocenters. The van der Waals surface area contributed by atoms with Crippen molar-refractivity contribution in [3.05, 3.63) is 65.9 Å². The molecule has 1 aromatic heterocycles. The molecule has 1 N–H and O–H groups in total. The van der Waals surface area contributed by atoms with Crippen LogP contribution in [-0.4, -0.2) is 16.3 Å². The van der Waals surface area contributed by atoms with Gasteiger partial charge in [0.2, 0.25) is 5.91 Å². The Bertz CT molecular complexity index is 938. The number of amides is 1. The minimum absolute atomic E-state index is 0.0199. The number of carbonyl (C=O) groups excluding carboxylic acids is 2. The van der Waals surface area contributed by atoms with E-state index in [9.17, 15) is 9.59 Å². The average Bonchev–Trinajstić information content (AvgIpc) is 2.97. The van der Waals surface area contributed by atoms with E-state index in [4.69, 9.17) is 0 Å². The quantitative estimate of drug-likeness (QED) is 0.693. The molecule has 1 heterocycles. The fraction of sp³-hybridized carbons (Fsp3) is 0.238. The van der Waals surface area contributed by atoms with Gasteiger partial charge in [0.25, 0.3) is 0 Å². The first kappa shape index (κ1) is 17.0. The van der Waals surface area contributed by atoms with Crippen molar-refractivity contribution >= 4 is 28.3 Å². The van der Waals surface area contributed by atoms with Gasteiger partial charge >= 0.3 is 0 Å². The van der Waals surface area contributed by atoms with Crippen LogP contribution in [-0.2, 0) is 11.3 Å². The molecule has 0 radical (unpaired) electrons. The number of nitrogens with zero attached hydrogens (tertiary/aromatic N) is 1. The lowest BCUT2D eigenvalue weighted by Crippen LogP contribution is -2.18. The Hall–Kier alpha value is -2.88. The number of Topliss-reactive ketones (excluding diaryl/α,β-unsaturated/α-hetero) is 1. The highest BCUT2D eigenvalue weighted by atomic mass is 16.2. The molecular weight excluding hydrogens is 312 g/mol. The van der Waals surface area contributed by atoms with Crippen LogP contribution in [0.1, 0.15) is 42.6 Å². The van der Waals surface area contributed by atoms with Crippen LogP contribution in [0.3, 0.4) is 0 Å². The van der Waals surface area contributed by atoms with Crippen LogP contribution in [0.2, 0.25) is 0 Å². The van der Waals surface area contributed by atoms with Crippen LogP contribution in [0.25, 0.3) is 10.9 Å². The molecule has 0 bridgehead atoms. The van der Waals surface area contributed by atoms with Gasteiger partial charge in [-0.05, 0) is 54.1 Å².